The molecule has 36 heavy (non-hydrogen) atoms. The smallest absolute Gasteiger partial charge is 0.231 e. The second-order valence-corrected chi connectivity index (χ2v) is 11.9. The predicted molar refractivity (Wildman–Crippen MR) is 146 cm³/mol. The highest BCUT2D eigenvalue weighted by Crippen LogP contribution is 2.59. The summed E-state index contributed by atoms with van der Waals surface area (Å²) in [6, 6.07) is 7.61. The molecule has 0 saturated carbocycles. The van der Waals surface area contributed by atoms with Crippen molar-refractivity contribution in [2.45, 2.75) is 48.4 Å². The van der Waals surface area contributed by atoms with Crippen LogP contribution in [0.15, 0.2) is 24.3 Å². The molecular formula is C27H29Cl4NO4. The third-order valence-electron chi connectivity index (χ3n) is 7.16. The van der Waals surface area contributed by atoms with Crippen LogP contribution >= 0.6 is 46.4 Å². The van der Waals surface area contributed by atoms with E-state index >= 15 is 0 Å². The van der Waals surface area contributed by atoms with E-state index in [4.69, 9.17) is 65.4 Å². The van der Waals surface area contributed by atoms with Gasteiger partial charge in [-0.25, -0.2) is 0 Å². The second kappa shape index (κ2) is 10.6. The Labute approximate surface area is 232 Å². The van der Waals surface area contributed by atoms with Gasteiger partial charge in [0.05, 0.1) is 14.2 Å². The second-order valence-electron chi connectivity index (χ2n) is 9.19. The number of methoxy groups -OCH3 is 2. The van der Waals surface area contributed by atoms with E-state index in [9.17, 15) is 0 Å². The van der Waals surface area contributed by atoms with E-state index in [-0.39, 0.29) is 6.79 Å². The fourth-order valence-electron chi connectivity index (χ4n) is 5.62. The zero-order valence-electron chi connectivity index (χ0n) is 20.3. The number of hydrogen-bond acceptors (Lipinski definition) is 5. The molecule has 3 heterocycles. The molecule has 0 spiro atoms. The van der Waals surface area contributed by atoms with Crippen molar-refractivity contribution in [3.63, 3.8) is 0 Å². The molecule has 0 aromatic heterocycles. The van der Waals surface area contributed by atoms with Gasteiger partial charge in [0.1, 0.15) is 6.04 Å². The zero-order valence-corrected chi connectivity index (χ0v) is 23.4. The van der Waals surface area contributed by atoms with Crippen LogP contribution in [0.2, 0.25) is 0 Å². The van der Waals surface area contributed by atoms with Gasteiger partial charge in [0.2, 0.25) is 10.6 Å². The monoisotopic (exact) mass is 571 g/mol. The van der Waals surface area contributed by atoms with Crippen LogP contribution in [-0.2, 0) is 6.42 Å². The first kappa shape index (κ1) is 26.0. The Morgan fingerprint density at radius 3 is 2.42 bits per heavy atom. The molecule has 2 aromatic rings. The molecule has 0 saturated heterocycles. The molecule has 0 amide bonds. The summed E-state index contributed by atoms with van der Waals surface area (Å²) in [5.41, 5.74) is 6.47. The summed E-state index contributed by atoms with van der Waals surface area (Å²) in [5.74, 6) is 3.43. The van der Waals surface area contributed by atoms with Crippen molar-refractivity contribution in [3.8, 4) is 23.0 Å². The normalized spacial score (nSPS) is 18.1. The lowest BCUT2D eigenvalue weighted by molar-refractivity contribution is 0.174. The number of ether oxygens (including phenoxy) is 4. The van der Waals surface area contributed by atoms with Gasteiger partial charge < -0.3 is 23.8 Å². The Morgan fingerprint density at radius 2 is 1.72 bits per heavy atom. The number of unbranched alkanes of at least 4 members (excludes halogenated alkanes) is 3. The number of hydrogen-bond donors (Lipinski definition) is 0. The van der Waals surface area contributed by atoms with Gasteiger partial charge in [-0.3, -0.25) is 0 Å². The van der Waals surface area contributed by atoms with E-state index in [2.05, 4.69) is 23.1 Å². The molecule has 0 aliphatic carbocycles. The summed E-state index contributed by atoms with van der Waals surface area (Å²) in [4.78, 5) is 2.23. The lowest BCUT2D eigenvalue weighted by atomic mass is 9.80. The Balaban J connectivity index is 1.73. The lowest BCUT2D eigenvalue weighted by Gasteiger charge is -2.47. The fourth-order valence-corrected chi connectivity index (χ4v) is 6.49. The maximum Gasteiger partial charge on any atom is 0.231 e. The van der Waals surface area contributed by atoms with Crippen molar-refractivity contribution in [3.05, 3.63) is 46.5 Å². The average molecular weight is 573 g/mol. The van der Waals surface area contributed by atoms with Crippen molar-refractivity contribution in [2.75, 3.05) is 33.4 Å². The molecule has 5 nitrogen and oxygen atoms in total. The van der Waals surface area contributed by atoms with Crippen LogP contribution in [0.3, 0.4) is 0 Å². The number of rotatable bonds is 8. The number of fused-ring (bicyclic) bond motifs is 5. The first-order valence-corrected chi connectivity index (χ1v) is 13.9. The summed E-state index contributed by atoms with van der Waals surface area (Å²) in [6.07, 6.45) is 5.89. The van der Waals surface area contributed by atoms with Crippen molar-refractivity contribution >= 4 is 57.7 Å². The lowest BCUT2D eigenvalue weighted by Crippen LogP contribution is -2.42. The summed E-state index contributed by atoms with van der Waals surface area (Å²) in [6.45, 7) is 0.918. The minimum absolute atomic E-state index is 0.227. The maximum absolute atomic E-state index is 6.73. The zero-order chi connectivity index (χ0) is 25.4. The van der Waals surface area contributed by atoms with Gasteiger partial charge in [-0.1, -0.05) is 53.7 Å². The molecular weight excluding hydrogens is 544 g/mol. The van der Waals surface area contributed by atoms with Gasteiger partial charge in [0, 0.05) is 29.2 Å². The van der Waals surface area contributed by atoms with Crippen molar-refractivity contribution in [2.24, 2.45) is 0 Å². The third-order valence-corrected chi connectivity index (χ3v) is 8.05. The highest BCUT2D eigenvalue weighted by molar-refractivity contribution is 6.68. The van der Waals surface area contributed by atoms with Gasteiger partial charge >= 0.3 is 0 Å². The van der Waals surface area contributed by atoms with Gasteiger partial charge in [-0.15, -0.1) is 11.6 Å². The van der Waals surface area contributed by atoms with Crippen LogP contribution in [0.25, 0.3) is 11.3 Å². The molecule has 5 rings (SSSR count). The predicted octanol–water partition coefficient (Wildman–Crippen LogP) is 7.77. The fraction of sp³-hybridized carbons (Fsp3) is 0.481. The van der Waals surface area contributed by atoms with Crippen LogP contribution in [-0.4, -0.2) is 42.1 Å². The van der Waals surface area contributed by atoms with E-state index in [1.54, 1.807) is 14.2 Å². The molecule has 194 valence electrons. The Hall–Kier alpha value is -1.66. The van der Waals surface area contributed by atoms with Crippen LogP contribution in [0.1, 0.15) is 60.4 Å². The first-order valence-electron chi connectivity index (χ1n) is 12.2. The summed E-state index contributed by atoms with van der Waals surface area (Å²) in [7, 11) is 3.25. The van der Waals surface area contributed by atoms with Crippen molar-refractivity contribution < 1.29 is 18.9 Å². The highest BCUT2D eigenvalue weighted by atomic mass is 35.6. The Morgan fingerprint density at radius 1 is 0.972 bits per heavy atom. The number of nitrogens with zero attached hydrogens (tertiary/aromatic N) is 1. The van der Waals surface area contributed by atoms with Crippen LogP contribution in [0.5, 0.6) is 23.0 Å². The topological polar surface area (TPSA) is 40.2 Å². The van der Waals surface area contributed by atoms with Gasteiger partial charge in [0.25, 0.3) is 0 Å². The number of alkyl halides is 4. The maximum atomic E-state index is 6.73. The number of halogens is 4. The van der Waals surface area contributed by atoms with Gasteiger partial charge in [0.15, 0.2) is 23.0 Å². The Bertz CT molecular complexity index is 1180. The molecule has 0 fully saturated rings. The van der Waals surface area contributed by atoms with Crippen LogP contribution in [0, 0.1) is 0 Å². The van der Waals surface area contributed by atoms with Gasteiger partial charge in [-0.05, 0) is 60.6 Å². The molecule has 0 bridgehead atoms. The van der Waals surface area contributed by atoms with E-state index in [1.807, 2.05) is 6.07 Å². The summed E-state index contributed by atoms with van der Waals surface area (Å²) >= 11 is 26.1. The quantitative estimate of drug-likeness (QED) is 0.239. The molecule has 0 radical (unpaired) electrons. The molecule has 3 aliphatic heterocycles. The molecule has 9 heteroatoms. The van der Waals surface area contributed by atoms with E-state index in [0.29, 0.717) is 23.9 Å². The van der Waals surface area contributed by atoms with Gasteiger partial charge in [-0.2, -0.15) is 0 Å². The van der Waals surface area contributed by atoms with Crippen molar-refractivity contribution in [1.82, 2.24) is 4.90 Å². The van der Waals surface area contributed by atoms with Crippen molar-refractivity contribution in [1.29, 1.82) is 0 Å². The summed E-state index contributed by atoms with van der Waals surface area (Å²) < 4.78 is 21.3. The highest BCUT2D eigenvalue weighted by Gasteiger charge is 2.48. The third kappa shape index (κ3) is 4.57. The largest absolute Gasteiger partial charge is 0.493 e. The molecule has 1 atom stereocenters. The first-order chi connectivity index (χ1) is 17.4. The average Bonchev–Trinajstić information content (AvgIpc) is 3.32. The summed E-state index contributed by atoms with van der Waals surface area (Å²) in [5, 5.41) is 0. The molecule has 1 unspecified atom stereocenters. The van der Waals surface area contributed by atoms with Crippen LogP contribution < -0.4 is 18.9 Å². The Kier molecular flexibility index (Phi) is 7.65. The standard InChI is InChI=1S/C27H29Cl4NO4/c1-33-20-9-8-17-18(7-5-3-4-6-11-28)24-19-14-22-21(35-15-36-22)13-16(19)10-12-32(24)26(27(29,30)31)23(17)25(20)34-2/h8-9,13-14,26H,3-7,10-12,15H2,1-2H3. The minimum atomic E-state index is -1.61. The SMILES string of the molecule is COc1ccc2c(c1OC)C(C(Cl)(Cl)Cl)N1CCc3cc4c(cc3C1=C2CCCCCCCl)OCO4. The number of allylic oxidation sites excluding steroid dienone is 1. The molecule has 0 N–H and O–H groups in total. The number of benzene rings is 2. The van der Waals surface area contributed by atoms with E-state index < -0.39 is 9.83 Å². The molecule has 2 aromatic carbocycles. The van der Waals surface area contributed by atoms with Crippen LogP contribution in [0.4, 0.5) is 0 Å². The van der Waals surface area contributed by atoms with E-state index in [1.165, 1.54) is 11.1 Å². The molecule has 3 aliphatic rings. The minimum Gasteiger partial charge on any atom is -0.493 e. The van der Waals surface area contributed by atoms with E-state index in [0.717, 1.165) is 72.4 Å².